The summed E-state index contributed by atoms with van der Waals surface area (Å²) in [6.07, 6.45) is 5.16. The van der Waals surface area contributed by atoms with E-state index in [1.807, 2.05) is 23.6 Å². The molecule has 0 atom stereocenters. The Morgan fingerprint density at radius 2 is 1.91 bits per heavy atom. The molecule has 0 bridgehead atoms. The second-order valence-corrected chi connectivity index (χ2v) is 6.49. The molecule has 2 heterocycles. The minimum Gasteiger partial charge on any atom is -0.370 e. The highest BCUT2D eigenvalue weighted by Gasteiger charge is 2.18. The van der Waals surface area contributed by atoms with Crippen molar-refractivity contribution < 1.29 is 4.79 Å². The molecule has 1 saturated heterocycles. The number of hydrogen-bond acceptors (Lipinski definition) is 3. The summed E-state index contributed by atoms with van der Waals surface area (Å²) in [7, 11) is 0. The van der Waals surface area contributed by atoms with E-state index in [4.69, 9.17) is 11.6 Å². The summed E-state index contributed by atoms with van der Waals surface area (Å²) in [6, 6.07) is 3.72. The normalized spacial score (nSPS) is 15.2. The minimum absolute atomic E-state index is 0.200. The third kappa shape index (κ3) is 2.88. The number of ketones is 1. The van der Waals surface area contributed by atoms with E-state index in [0.29, 0.717) is 17.0 Å². The zero-order valence-electron chi connectivity index (χ0n) is 13.6. The predicted octanol–water partition coefficient (Wildman–Crippen LogP) is 3.87. The standard InChI is InChI=1S/C18H21ClN2O2/c1-3-20-11-14(12(2)22)18(23)13-9-17(15(19)10-16(13)20)21-7-5-4-6-8-21/h9-11H,3-8H2,1-2H3. The Kier molecular flexibility index (Phi) is 4.44. The minimum atomic E-state index is -0.202. The van der Waals surface area contributed by atoms with Crippen LogP contribution in [0.2, 0.25) is 5.02 Å². The van der Waals surface area contributed by atoms with Crippen molar-refractivity contribution in [2.24, 2.45) is 0 Å². The van der Waals surface area contributed by atoms with E-state index in [1.165, 1.54) is 13.3 Å². The molecule has 0 aliphatic carbocycles. The van der Waals surface area contributed by atoms with E-state index in [1.54, 1.807) is 6.20 Å². The summed E-state index contributed by atoms with van der Waals surface area (Å²) in [5, 5.41) is 1.24. The van der Waals surface area contributed by atoms with Gasteiger partial charge in [0.05, 0.1) is 21.8 Å². The first kappa shape index (κ1) is 16.1. The fourth-order valence-electron chi connectivity index (χ4n) is 3.29. The van der Waals surface area contributed by atoms with Crippen molar-refractivity contribution in [1.82, 2.24) is 4.57 Å². The van der Waals surface area contributed by atoms with Gasteiger partial charge < -0.3 is 9.47 Å². The molecule has 1 fully saturated rings. The van der Waals surface area contributed by atoms with Gasteiger partial charge in [-0.2, -0.15) is 0 Å². The van der Waals surface area contributed by atoms with Gasteiger partial charge in [-0.15, -0.1) is 0 Å². The molecule has 4 nitrogen and oxygen atoms in total. The fraction of sp³-hybridized carbons (Fsp3) is 0.444. The molecule has 1 aromatic carbocycles. The molecular weight excluding hydrogens is 312 g/mol. The van der Waals surface area contributed by atoms with Crippen molar-refractivity contribution in [3.63, 3.8) is 0 Å². The first-order chi connectivity index (χ1) is 11.0. The van der Waals surface area contributed by atoms with E-state index < -0.39 is 0 Å². The van der Waals surface area contributed by atoms with Crippen LogP contribution in [0.25, 0.3) is 10.9 Å². The fourth-order valence-corrected chi connectivity index (χ4v) is 3.57. The number of fused-ring (bicyclic) bond motifs is 1. The average Bonchev–Trinajstić information content (AvgIpc) is 2.55. The summed E-state index contributed by atoms with van der Waals surface area (Å²) in [4.78, 5) is 26.7. The second kappa shape index (κ2) is 6.36. The maximum absolute atomic E-state index is 12.7. The van der Waals surface area contributed by atoms with Crippen LogP contribution in [0.4, 0.5) is 5.69 Å². The number of benzene rings is 1. The molecule has 2 aromatic rings. The van der Waals surface area contributed by atoms with Crippen LogP contribution in [-0.4, -0.2) is 23.4 Å². The highest BCUT2D eigenvalue weighted by atomic mass is 35.5. The van der Waals surface area contributed by atoms with Crippen molar-refractivity contribution >= 4 is 34.0 Å². The molecule has 0 amide bonds. The summed E-state index contributed by atoms with van der Waals surface area (Å²) in [5.74, 6) is -0.200. The maximum atomic E-state index is 12.7. The van der Waals surface area contributed by atoms with Crippen LogP contribution >= 0.6 is 11.6 Å². The van der Waals surface area contributed by atoms with Crippen molar-refractivity contribution in [1.29, 1.82) is 0 Å². The second-order valence-electron chi connectivity index (χ2n) is 6.08. The van der Waals surface area contributed by atoms with Gasteiger partial charge in [0.2, 0.25) is 0 Å². The van der Waals surface area contributed by atoms with Gasteiger partial charge in [0.15, 0.2) is 11.2 Å². The predicted molar refractivity (Wildman–Crippen MR) is 95.0 cm³/mol. The average molecular weight is 333 g/mol. The Labute approximate surface area is 140 Å². The Morgan fingerprint density at radius 1 is 1.22 bits per heavy atom. The van der Waals surface area contributed by atoms with Gasteiger partial charge >= 0.3 is 0 Å². The highest BCUT2D eigenvalue weighted by molar-refractivity contribution is 6.34. The van der Waals surface area contributed by atoms with Crippen molar-refractivity contribution in [2.45, 2.75) is 39.7 Å². The van der Waals surface area contributed by atoms with Crippen LogP contribution in [-0.2, 0) is 6.54 Å². The monoisotopic (exact) mass is 332 g/mol. The summed E-state index contributed by atoms with van der Waals surface area (Å²) < 4.78 is 1.92. The van der Waals surface area contributed by atoms with E-state index in [0.717, 1.165) is 37.1 Å². The van der Waals surface area contributed by atoms with Gasteiger partial charge in [-0.1, -0.05) is 11.6 Å². The summed E-state index contributed by atoms with van der Waals surface area (Å²) in [5.41, 5.74) is 1.73. The number of aryl methyl sites for hydroxylation is 1. The Balaban J connectivity index is 2.26. The lowest BCUT2D eigenvalue weighted by Crippen LogP contribution is -2.30. The van der Waals surface area contributed by atoms with Gasteiger partial charge in [0, 0.05) is 31.2 Å². The van der Waals surface area contributed by atoms with Crippen LogP contribution in [0.3, 0.4) is 0 Å². The number of anilines is 1. The van der Waals surface area contributed by atoms with E-state index >= 15 is 0 Å². The van der Waals surface area contributed by atoms with Crippen LogP contribution in [0.1, 0.15) is 43.5 Å². The van der Waals surface area contributed by atoms with Crippen LogP contribution < -0.4 is 10.3 Å². The highest BCUT2D eigenvalue weighted by Crippen LogP contribution is 2.32. The Hall–Kier alpha value is -1.81. The van der Waals surface area contributed by atoms with Gasteiger partial charge in [0.25, 0.3) is 0 Å². The Bertz CT molecular complexity index is 820. The lowest BCUT2D eigenvalue weighted by molar-refractivity contribution is 0.101. The molecule has 0 saturated carbocycles. The van der Waals surface area contributed by atoms with Gasteiger partial charge in [-0.25, -0.2) is 0 Å². The van der Waals surface area contributed by atoms with Crippen molar-refractivity contribution in [3.8, 4) is 0 Å². The maximum Gasteiger partial charge on any atom is 0.200 e. The first-order valence-corrected chi connectivity index (χ1v) is 8.53. The molecule has 23 heavy (non-hydrogen) atoms. The molecule has 0 spiro atoms. The molecule has 5 heteroatoms. The van der Waals surface area contributed by atoms with E-state index in [2.05, 4.69) is 4.90 Å². The van der Waals surface area contributed by atoms with E-state index in [-0.39, 0.29) is 16.8 Å². The molecule has 1 aliphatic heterocycles. The number of pyridine rings is 1. The lowest BCUT2D eigenvalue weighted by atomic mass is 10.1. The zero-order valence-corrected chi connectivity index (χ0v) is 14.3. The molecule has 0 unspecified atom stereocenters. The van der Waals surface area contributed by atoms with Crippen molar-refractivity contribution in [2.75, 3.05) is 18.0 Å². The number of Topliss-reactive ketones (excluding diaryl/α,β-unsaturated/α-hetero) is 1. The topological polar surface area (TPSA) is 42.3 Å². The van der Waals surface area contributed by atoms with Gasteiger partial charge in [-0.05, 0) is 45.2 Å². The molecule has 1 aromatic heterocycles. The Morgan fingerprint density at radius 3 is 2.52 bits per heavy atom. The molecule has 0 N–H and O–H groups in total. The number of halogens is 1. The number of carbonyl (C=O) groups excluding carboxylic acids is 1. The zero-order chi connectivity index (χ0) is 16.6. The third-order valence-electron chi connectivity index (χ3n) is 4.57. The molecule has 1 aliphatic rings. The smallest absolute Gasteiger partial charge is 0.200 e. The largest absolute Gasteiger partial charge is 0.370 e. The number of nitrogens with zero attached hydrogens (tertiary/aromatic N) is 2. The molecular formula is C18H21ClN2O2. The van der Waals surface area contributed by atoms with Crippen LogP contribution in [0.15, 0.2) is 23.1 Å². The molecule has 3 rings (SSSR count). The third-order valence-corrected chi connectivity index (χ3v) is 4.87. The molecule has 122 valence electrons. The van der Waals surface area contributed by atoms with Crippen LogP contribution in [0.5, 0.6) is 0 Å². The first-order valence-electron chi connectivity index (χ1n) is 8.15. The van der Waals surface area contributed by atoms with Gasteiger partial charge in [-0.3, -0.25) is 9.59 Å². The number of piperidine rings is 1. The number of aromatic nitrogens is 1. The summed E-state index contributed by atoms with van der Waals surface area (Å²) >= 11 is 6.50. The van der Waals surface area contributed by atoms with Gasteiger partial charge in [0.1, 0.15) is 0 Å². The number of carbonyl (C=O) groups is 1. The lowest BCUT2D eigenvalue weighted by Gasteiger charge is -2.30. The van der Waals surface area contributed by atoms with Crippen molar-refractivity contribution in [3.05, 3.63) is 39.1 Å². The number of rotatable bonds is 3. The van der Waals surface area contributed by atoms with Crippen LogP contribution in [0, 0.1) is 0 Å². The number of hydrogen-bond donors (Lipinski definition) is 0. The molecule has 0 radical (unpaired) electrons. The van der Waals surface area contributed by atoms with E-state index in [9.17, 15) is 9.59 Å². The SMILES string of the molecule is CCn1cc(C(C)=O)c(=O)c2cc(N3CCCCC3)c(Cl)cc21. The quantitative estimate of drug-likeness (QED) is 0.801. The summed E-state index contributed by atoms with van der Waals surface area (Å²) in [6.45, 7) is 6.01.